The number of hydrogen-bond donors (Lipinski definition) is 2. The number of amides is 2. The van der Waals surface area contributed by atoms with Gasteiger partial charge in [-0.2, -0.15) is 31.3 Å². The van der Waals surface area contributed by atoms with Gasteiger partial charge in [0.2, 0.25) is 5.88 Å². The van der Waals surface area contributed by atoms with Gasteiger partial charge in [0.1, 0.15) is 11.6 Å². The number of nitrogens with one attached hydrogen (secondary N) is 2. The molecule has 2 aromatic rings. The van der Waals surface area contributed by atoms with Gasteiger partial charge in [-0.25, -0.2) is 4.79 Å². The molecule has 0 fully saturated rings. The average molecular weight is 444 g/mol. The number of alkyl halides is 6. The topological polar surface area (TPSA) is 72.5 Å². The van der Waals surface area contributed by atoms with Crippen LogP contribution in [0.15, 0.2) is 36.4 Å². The fraction of sp³-hybridized carbons (Fsp3) is 0.250. The van der Waals surface area contributed by atoms with E-state index in [0.29, 0.717) is 10.7 Å². The Hall–Kier alpha value is -2.89. The molecule has 2 N–H and O–H groups in total. The highest BCUT2D eigenvalue weighted by molar-refractivity contribution is 6.30. The van der Waals surface area contributed by atoms with E-state index in [1.54, 1.807) is 0 Å². The van der Waals surface area contributed by atoms with Crippen LogP contribution in [0, 0.1) is 0 Å². The smallest absolute Gasteiger partial charge is 0.422 e. The lowest BCUT2D eigenvalue weighted by Crippen LogP contribution is -2.22. The number of nitrogens with zero attached hydrogens (tertiary/aromatic N) is 1. The molecule has 0 unspecified atom stereocenters. The number of carbonyl (C=O) groups excluding carboxylic acids is 1. The lowest BCUT2D eigenvalue weighted by molar-refractivity contribution is -0.154. The molecule has 0 saturated heterocycles. The third-order valence-corrected chi connectivity index (χ3v) is 3.16. The first-order valence-corrected chi connectivity index (χ1v) is 8.02. The van der Waals surface area contributed by atoms with Gasteiger partial charge in [-0.1, -0.05) is 11.6 Å². The van der Waals surface area contributed by atoms with Crippen molar-refractivity contribution >= 4 is 29.1 Å². The Kier molecular flexibility index (Phi) is 7.01. The molecule has 0 spiro atoms. The average Bonchev–Trinajstić information content (AvgIpc) is 2.59. The van der Waals surface area contributed by atoms with Crippen molar-refractivity contribution in [3.05, 3.63) is 41.4 Å². The van der Waals surface area contributed by atoms with Gasteiger partial charge in [0.05, 0.1) is 0 Å². The van der Waals surface area contributed by atoms with Crippen molar-refractivity contribution in [2.75, 3.05) is 23.8 Å². The Labute approximate surface area is 164 Å². The summed E-state index contributed by atoms with van der Waals surface area (Å²) in [5, 5.41) is 4.96. The molecule has 0 atom stereocenters. The SMILES string of the molecule is O=C(Nc1ccc(Cl)cc1)Nc1cc(OCC(F)(F)F)cc(OCC(F)(F)F)n1. The number of benzene rings is 1. The van der Waals surface area contributed by atoms with Crippen LogP contribution in [0.25, 0.3) is 0 Å². The van der Waals surface area contributed by atoms with E-state index in [-0.39, 0.29) is 0 Å². The van der Waals surface area contributed by atoms with Crippen LogP contribution in [-0.2, 0) is 0 Å². The number of aromatic nitrogens is 1. The Morgan fingerprint density at radius 3 is 2.10 bits per heavy atom. The van der Waals surface area contributed by atoms with Crippen LogP contribution >= 0.6 is 11.6 Å². The zero-order chi connectivity index (χ0) is 21.7. The summed E-state index contributed by atoms with van der Waals surface area (Å²) in [7, 11) is 0. The molecule has 2 rings (SSSR count). The van der Waals surface area contributed by atoms with Crippen LogP contribution in [0.2, 0.25) is 5.02 Å². The quantitative estimate of drug-likeness (QED) is 0.597. The first-order valence-electron chi connectivity index (χ1n) is 7.64. The first-order chi connectivity index (χ1) is 13.4. The van der Waals surface area contributed by atoms with Crippen molar-refractivity contribution in [3.63, 3.8) is 0 Å². The van der Waals surface area contributed by atoms with Crippen LogP contribution in [0.3, 0.4) is 0 Å². The summed E-state index contributed by atoms with van der Waals surface area (Å²) in [4.78, 5) is 15.6. The number of carbonyl (C=O) groups is 1. The molecule has 0 bridgehead atoms. The zero-order valence-electron chi connectivity index (χ0n) is 14.2. The minimum absolute atomic E-state index is 0.324. The first kappa shape index (κ1) is 22.4. The normalized spacial score (nSPS) is 11.7. The van der Waals surface area contributed by atoms with E-state index in [1.165, 1.54) is 24.3 Å². The molecule has 1 aromatic carbocycles. The van der Waals surface area contributed by atoms with E-state index in [9.17, 15) is 31.1 Å². The molecule has 13 heteroatoms. The lowest BCUT2D eigenvalue weighted by Gasteiger charge is -2.14. The van der Waals surface area contributed by atoms with Gasteiger partial charge in [0.15, 0.2) is 13.2 Å². The van der Waals surface area contributed by atoms with Gasteiger partial charge >= 0.3 is 18.4 Å². The molecule has 0 aliphatic heterocycles. The highest BCUT2D eigenvalue weighted by Gasteiger charge is 2.30. The summed E-state index contributed by atoms with van der Waals surface area (Å²) in [6, 6.07) is 6.68. The highest BCUT2D eigenvalue weighted by atomic mass is 35.5. The van der Waals surface area contributed by atoms with E-state index >= 15 is 0 Å². The number of pyridine rings is 1. The number of urea groups is 1. The van der Waals surface area contributed by atoms with Crippen LogP contribution < -0.4 is 20.1 Å². The van der Waals surface area contributed by atoms with E-state index in [0.717, 1.165) is 12.1 Å². The van der Waals surface area contributed by atoms with E-state index in [1.807, 2.05) is 0 Å². The number of rotatable bonds is 6. The summed E-state index contributed by atoms with van der Waals surface area (Å²) in [6.45, 7) is -3.44. The molecule has 0 saturated carbocycles. The molecule has 2 amide bonds. The Bertz CT molecular complexity index is 807. The highest BCUT2D eigenvalue weighted by Crippen LogP contribution is 2.26. The van der Waals surface area contributed by atoms with Crippen molar-refractivity contribution in [1.82, 2.24) is 4.98 Å². The number of halogens is 7. The van der Waals surface area contributed by atoms with Crippen LogP contribution in [-0.4, -0.2) is 36.6 Å². The van der Waals surface area contributed by atoms with Crippen molar-refractivity contribution in [2.24, 2.45) is 0 Å². The molecule has 0 aliphatic rings. The maximum absolute atomic E-state index is 12.3. The third kappa shape index (κ3) is 8.77. The number of hydrogen-bond acceptors (Lipinski definition) is 4. The molecule has 158 valence electrons. The summed E-state index contributed by atoms with van der Waals surface area (Å²) in [5.74, 6) is -1.59. The lowest BCUT2D eigenvalue weighted by atomic mass is 10.3. The largest absolute Gasteiger partial charge is 0.484 e. The second-order valence-electron chi connectivity index (χ2n) is 5.42. The fourth-order valence-electron chi connectivity index (χ4n) is 1.84. The molecular weight excluding hydrogens is 432 g/mol. The van der Waals surface area contributed by atoms with Gasteiger partial charge in [0.25, 0.3) is 0 Å². The summed E-state index contributed by atoms with van der Waals surface area (Å²) in [5.41, 5.74) is 0.324. The van der Waals surface area contributed by atoms with Gasteiger partial charge in [-0.15, -0.1) is 0 Å². The Balaban J connectivity index is 2.14. The van der Waals surface area contributed by atoms with Crippen molar-refractivity contribution in [2.45, 2.75) is 12.4 Å². The monoisotopic (exact) mass is 443 g/mol. The molecule has 1 aromatic heterocycles. The van der Waals surface area contributed by atoms with Crippen molar-refractivity contribution in [3.8, 4) is 11.6 Å². The van der Waals surface area contributed by atoms with Crippen molar-refractivity contribution < 1.29 is 40.6 Å². The predicted octanol–water partition coefficient (Wildman–Crippen LogP) is 5.26. The van der Waals surface area contributed by atoms with E-state index in [4.69, 9.17) is 11.6 Å². The fourth-order valence-corrected chi connectivity index (χ4v) is 1.96. The minimum Gasteiger partial charge on any atom is -0.484 e. The summed E-state index contributed by atoms with van der Waals surface area (Å²) in [6.07, 6.45) is -9.39. The maximum Gasteiger partial charge on any atom is 0.422 e. The van der Waals surface area contributed by atoms with Gasteiger partial charge in [-0.05, 0) is 24.3 Å². The van der Waals surface area contributed by atoms with Gasteiger partial charge < -0.3 is 14.8 Å². The standard InChI is InChI=1S/C16H12ClF6N3O3/c17-9-1-3-10(4-2-9)24-14(27)26-12-5-11(28-7-15(18,19)20)6-13(25-12)29-8-16(21,22)23/h1-6H,7-8H2,(H2,24,25,26,27). The molecule has 0 radical (unpaired) electrons. The molecule has 29 heavy (non-hydrogen) atoms. The van der Waals surface area contributed by atoms with Crippen molar-refractivity contribution in [1.29, 1.82) is 0 Å². The Morgan fingerprint density at radius 1 is 0.931 bits per heavy atom. The van der Waals surface area contributed by atoms with Gasteiger partial charge in [-0.3, -0.25) is 5.32 Å². The van der Waals surface area contributed by atoms with Gasteiger partial charge in [0, 0.05) is 22.8 Å². The number of ether oxygens (including phenoxy) is 2. The summed E-state index contributed by atoms with van der Waals surface area (Å²) < 4.78 is 82.8. The van der Waals surface area contributed by atoms with Crippen LogP contribution in [0.4, 0.5) is 42.6 Å². The molecular formula is C16H12ClF6N3O3. The van der Waals surface area contributed by atoms with Crippen LogP contribution in [0.1, 0.15) is 0 Å². The minimum atomic E-state index is -4.70. The Morgan fingerprint density at radius 2 is 1.52 bits per heavy atom. The number of anilines is 2. The van der Waals surface area contributed by atoms with E-state index in [2.05, 4.69) is 25.1 Å². The maximum atomic E-state index is 12.3. The molecule has 0 aliphatic carbocycles. The second kappa shape index (κ2) is 9.07. The predicted molar refractivity (Wildman–Crippen MR) is 91.4 cm³/mol. The second-order valence-corrected chi connectivity index (χ2v) is 5.86. The summed E-state index contributed by atoms with van der Waals surface area (Å²) >= 11 is 5.71. The molecule has 1 heterocycles. The molecule has 6 nitrogen and oxygen atoms in total. The third-order valence-electron chi connectivity index (χ3n) is 2.91. The zero-order valence-corrected chi connectivity index (χ0v) is 15.0. The van der Waals surface area contributed by atoms with E-state index < -0.39 is 49.0 Å². The van der Waals surface area contributed by atoms with Crippen LogP contribution in [0.5, 0.6) is 11.6 Å².